The smallest absolute Gasteiger partial charge is 0.210 e. The van der Waals surface area contributed by atoms with Crippen LogP contribution in [0.3, 0.4) is 0 Å². The second-order valence-corrected chi connectivity index (χ2v) is 3.90. The van der Waals surface area contributed by atoms with Crippen LogP contribution in [0.15, 0.2) is 17.8 Å². The van der Waals surface area contributed by atoms with Crippen molar-refractivity contribution in [3.05, 3.63) is 28.5 Å². The summed E-state index contributed by atoms with van der Waals surface area (Å²) in [7, 11) is 0. The Morgan fingerprint density at radius 2 is 2.38 bits per heavy atom. The molecule has 0 bridgehead atoms. The van der Waals surface area contributed by atoms with E-state index in [4.69, 9.17) is 23.2 Å². The number of hydrogen-bond donors (Lipinski definition) is 0. The van der Waals surface area contributed by atoms with Gasteiger partial charge in [0.2, 0.25) is 5.13 Å². The molecule has 0 aromatic carbocycles. The molecule has 2 aromatic rings. The van der Waals surface area contributed by atoms with E-state index in [1.807, 2.05) is 5.38 Å². The van der Waals surface area contributed by atoms with Crippen LogP contribution in [0.5, 0.6) is 0 Å². The Morgan fingerprint density at radius 1 is 1.54 bits per heavy atom. The van der Waals surface area contributed by atoms with Crippen LogP contribution >= 0.6 is 34.5 Å². The summed E-state index contributed by atoms with van der Waals surface area (Å²) in [6.07, 6.45) is 3.28. The summed E-state index contributed by atoms with van der Waals surface area (Å²) in [5, 5.41) is 7.30. The van der Waals surface area contributed by atoms with Crippen molar-refractivity contribution in [3.8, 4) is 5.13 Å². The Hall–Kier alpha value is -0.580. The van der Waals surface area contributed by atoms with Crippen molar-refractivity contribution in [1.29, 1.82) is 0 Å². The highest BCUT2D eigenvalue weighted by Crippen LogP contribution is 2.17. The molecule has 0 saturated heterocycles. The number of rotatable bonds is 2. The predicted molar refractivity (Wildman–Crippen MR) is 53.8 cm³/mol. The second kappa shape index (κ2) is 3.65. The van der Waals surface area contributed by atoms with Crippen LogP contribution in [0.1, 0.15) is 5.69 Å². The first-order valence-corrected chi connectivity index (χ1v) is 5.30. The maximum absolute atomic E-state index is 5.72. The summed E-state index contributed by atoms with van der Waals surface area (Å²) in [5.41, 5.74) is 0.855. The van der Waals surface area contributed by atoms with Crippen molar-refractivity contribution in [1.82, 2.24) is 14.8 Å². The highest BCUT2D eigenvalue weighted by molar-refractivity contribution is 7.12. The molecule has 0 amide bonds. The van der Waals surface area contributed by atoms with Crippen LogP contribution in [0.4, 0.5) is 0 Å². The Bertz CT molecular complexity index is 409. The predicted octanol–water partition coefficient (Wildman–Crippen LogP) is 2.72. The molecular weight excluding hydrogens is 229 g/mol. The number of aromatic nitrogens is 3. The zero-order chi connectivity index (χ0) is 9.26. The van der Waals surface area contributed by atoms with Crippen LogP contribution in [0.2, 0.25) is 5.02 Å². The van der Waals surface area contributed by atoms with E-state index in [2.05, 4.69) is 10.1 Å². The average Bonchev–Trinajstić information content (AvgIpc) is 2.71. The van der Waals surface area contributed by atoms with E-state index in [0.717, 1.165) is 10.8 Å². The Kier molecular flexibility index (Phi) is 2.53. The summed E-state index contributed by atoms with van der Waals surface area (Å²) in [6, 6.07) is 0. The third kappa shape index (κ3) is 1.85. The summed E-state index contributed by atoms with van der Waals surface area (Å²) >= 11 is 12.8. The van der Waals surface area contributed by atoms with Crippen LogP contribution in [-0.2, 0) is 5.88 Å². The molecule has 0 saturated carbocycles. The molecule has 0 aliphatic rings. The van der Waals surface area contributed by atoms with Gasteiger partial charge in [-0.25, -0.2) is 9.67 Å². The third-order valence-corrected chi connectivity index (χ3v) is 2.77. The Balaban J connectivity index is 2.35. The van der Waals surface area contributed by atoms with Crippen molar-refractivity contribution in [3.63, 3.8) is 0 Å². The standard InChI is InChI=1S/C7H5Cl2N3S/c8-1-6-4-13-7(11-6)12-3-5(9)2-10-12/h2-4H,1H2. The van der Waals surface area contributed by atoms with Gasteiger partial charge in [0.05, 0.1) is 29.0 Å². The number of alkyl halides is 1. The van der Waals surface area contributed by atoms with Gasteiger partial charge in [-0.05, 0) is 0 Å². The number of halogens is 2. The van der Waals surface area contributed by atoms with Crippen LogP contribution in [0, 0.1) is 0 Å². The molecule has 0 N–H and O–H groups in total. The zero-order valence-corrected chi connectivity index (χ0v) is 8.77. The van der Waals surface area contributed by atoms with E-state index in [1.165, 1.54) is 11.3 Å². The van der Waals surface area contributed by atoms with Crippen molar-refractivity contribution >= 4 is 34.5 Å². The molecule has 0 radical (unpaired) electrons. The van der Waals surface area contributed by atoms with Gasteiger partial charge in [-0.15, -0.1) is 22.9 Å². The fourth-order valence-electron chi connectivity index (χ4n) is 0.868. The number of hydrogen-bond acceptors (Lipinski definition) is 3. The van der Waals surface area contributed by atoms with E-state index in [1.54, 1.807) is 17.1 Å². The highest BCUT2D eigenvalue weighted by atomic mass is 35.5. The molecular formula is C7H5Cl2N3S. The molecule has 0 aliphatic carbocycles. The maximum Gasteiger partial charge on any atom is 0.210 e. The molecule has 2 heterocycles. The van der Waals surface area contributed by atoms with E-state index < -0.39 is 0 Å². The van der Waals surface area contributed by atoms with E-state index in [-0.39, 0.29) is 0 Å². The SMILES string of the molecule is ClCc1csc(-n2cc(Cl)cn2)n1. The molecule has 0 aliphatic heterocycles. The van der Waals surface area contributed by atoms with E-state index in [0.29, 0.717) is 10.9 Å². The highest BCUT2D eigenvalue weighted by Gasteiger charge is 2.04. The van der Waals surface area contributed by atoms with Crippen LogP contribution in [0.25, 0.3) is 5.13 Å². The molecule has 0 spiro atoms. The Morgan fingerprint density at radius 3 is 2.92 bits per heavy atom. The van der Waals surface area contributed by atoms with Crippen molar-refractivity contribution < 1.29 is 0 Å². The third-order valence-electron chi connectivity index (χ3n) is 1.42. The van der Waals surface area contributed by atoms with Gasteiger partial charge in [0.25, 0.3) is 0 Å². The fraction of sp³-hybridized carbons (Fsp3) is 0.143. The molecule has 13 heavy (non-hydrogen) atoms. The van der Waals surface area contributed by atoms with Gasteiger partial charge in [-0.2, -0.15) is 5.10 Å². The quantitative estimate of drug-likeness (QED) is 0.748. The second-order valence-electron chi connectivity index (χ2n) is 2.36. The molecule has 2 aromatic heterocycles. The summed E-state index contributed by atoms with van der Waals surface area (Å²) in [4.78, 5) is 4.24. The first-order valence-electron chi connectivity index (χ1n) is 3.50. The minimum atomic E-state index is 0.422. The average molecular weight is 234 g/mol. The number of thiazole rings is 1. The molecule has 2 rings (SSSR count). The summed E-state index contributed by atoms with van der Waals surface area (Å²) in [5.74, 6) is 0.422. The normalized spacial score (nSPS) is 10.6. The lowest BCUT2D eigenvalue weighted by atomic mass is 10.6. The maximum atomic E-state index is 5.72. The fourth-order valence-corrected chi connectivity index (χ4v) is 1.99. The van der Waals surface area contributed by atoms with E-state index >= 15 is 0 Å². The summed E-state index contributed by atoms with van der Waals surface area (Å²) < 4.78 is 1.63. The lowest BCUT2D eigenvalue weighted by molar-refractivity contribution is 0.864. The largest absolute Gasteiger partial charge is 0.222 e. The molecule has 68 valence electrons. The van der Waals surface area contributed by atoms with Crippen molar-refractivity contribution in [2.45, 2.75) is 5.88 Å². The zero-order valence-electron chi connectivity index (χ0n) is 6.44. The minimum absolute atomic E-state index is 0.422. The molecule has 0 fully saturated rings. The van der Waals surface area contributed by atoms with Crippen LogP contribution in [-0.4, -0.2) is 14.8 Å². The topological polar surface area (TPSA) is 30.7 Å². The lowest BCUT2D eigenvalue weighted by Gasteiger charge is -1.91. The van der Waals surface area contributed by atoms with Crippen LogP contribution < -0.4 is 0 Å². The monoisotopic (exact) mass is 233 g/mol. The van der Waals surface area contributed by atoms with Gasteiger partial charge in [-0.3, -0.25) is 0 Å². The molecule has 0 unspecified atom stereocenters. The minimum Gasteiger partial charge on any atom is -0.222 e. The Labute approximate surface area is 88.9 Å². The molecule has 0 atom stereocenters. The van der Waals surface area contributed by atoms with Crippen molar-refractivity contribution in [2.75, 3.05) is 0 Å². The van der Waals surface area contributed by atoms with E-state index in [9.17, 15) is 0 Å². The number of nitrogens with zero attached hydrogens (tertiary/aromatic N) is 3. The first kappa shape index (κ1) is 8.99. The van der Waals surface area contributed by atoms with Gasteiger partial charge < -0.3 is 0 Å². The van der Waals surface area contributed by atoms with Gasteiger partial charge in [0.15, 0.2) is 0 Å². The molecule has 6 heteroatoms. The first-order chi connectivity index (χ1) is 6.29. The molecule has 3 nitrogen and oxygen atoms in total. The van der Waals surface area contributed by atoms with Crippen molar-refractivity contribution in [2.24, 2.45) is 0 Å². The van der Waals surface area contributed by atoms with Gasteiger partial charge in [-0.1, -0.05) is 11.6 Å². The lowest BCUT2D eigenvalue weighted by Crippen LogP contribution is -1.92. The van der Waals surface area contributed by atoms with Gasteiger partial charge >= 0.3 is 0 Å². The summed E-state index contributed by atoms with van der Waals surface area (Å²) in [6.45, 7) is 0. The van der Waals surface area contributed by atoms with Gasteiger partial charge in [0, 0.05) is 5.38 Å². The van der Waals surface area contributed by atoms with Gasteiger partial charge in [0.1, 0.15) is 0 Å².